The standard InChI is InChI=1S/C6H3F7O3/c7-4(5(8,9)10,2-1-3(14)15)16-6(11,12)13/h1-2H,(H,14,15)/b2-1-/t4-/m0/s1. The molecule has 0 bridgehead atoms. The highest BCUT2D eigenvalue weighted by molar-refractivity contribution is 5.79. The minimum absolute atomic E-state index is 0.445. The normalized spacial score (nSPS) is 17.4. The van der Waals surface area contributed by atoms with Crippen LogP contribution in [0.3, 0.4) is 0 Å². The predicted octanol–water partition coefficient (Wildman–Crippen LogP) is 2.39. The molecule has 0 aromatic rings. The molecular weight excluding hydrogens is 253 g/mol. The van der Waals surface area contributed by atoms with Crippen molar-refractivity contribution in [3.63, 3.8) is 0 Å². The fraction of sp³-hybridized carbons (Fsp3) is 0.500. The van der Waals surface area contributed by atoms with Crippen molar-refractivity contribution in [2.24, 2.45) is 0 Å². The molecule has 0 saturated carbocycles. The van der Waals surface area contributed by atoms with Crippen LogP contribution in [0, 0.1) is 0 Å². The molecule has 0 spiro atoms. The minimum Gasteiger partial charge on any atom is -0.478 e. The van der Waals surface area contributed by atoms with E-state index in [1.807, 2.05) is 0 Å². The van der Waals surface area contributed by atoms with E-state index in [4.69, 9.17) is 5.11 Å². The highest BCUT2D eigenvalue weighted by Crippen LogP contribution is 2.40. The Labute approximate surface area is 83.1 Å². The van der Waals surface area contributed by atoms with Crippen molar-refractivity contribution in [2.75, 3.05) is 0 Å². The van der Waals surface area contributed by atoms with Crippen LogP contribution in [0.4, 0.5) is 30.7 Å². The molecule has 0 radical (unpaired) electrons. The van der Waals surface area contributed by atoms with Crippen LogP contribution in [-0.4, -0.2) is 29.5 Å². The van der Waals surface area contributed by atoms with E-state index in [1.54, 1.807) is 0 Å². The molecule has 0 unspecified atom stereocenters. The number of rotatable bonds is 3. The second kappa shape index (κ2) is 4.28. The van der Waals surface area contributed by atoms with Gasteiger partial charge < -0.3 is 5.11 Å². The fourth-order valence-corrected chi connectivity index (χ4v) is 0.533. The van der Waals surface area contributed by atoms with Gasteiger partial charge in [0.15, 0.2) is 0 Å². The van der Waals surface area contributed by atoms with E-state index in [0.29, 0.717) is 0 Å². The fourth-order valence-electron chi connectivity index (χ4n) is 0.533. The first-order valence-corrected chi connectivity index (χ1v) is 3.32. The van der Waals surface area contributed by atoms with Crippen LogP contribution in [0.25, 0.3) is 0 Å². The third-order valence-corrected chi connectivity index (χ3v) is 1.09. The van der Waals surface area contributed by atoms with Crippen LogP contribution in [0.1, 0.15) is 0 Å². The summed E-state index contributed by atoms with van der Waals surface area (Å²) in [6.07, 6.45) is -13.3. The van der Waals surface area contributed by atoms with E-state index in [9.17, 15) is 35.5 Å². The summed E-state index contributed by atoms with van der Waals surface area (Å²) in [4.78, 5) is 9.78. The molecule has 1 N–H and O–H groups in total. The zero-order valence-electron chi connectivity index (χ0n) is 7.06. The summed E-state index contributed by atoms with van der Waals surface area (Å²) in [5.74, 6) is -7.29. The maximum Gasteiger partial charge on any atom is 0.525 e. The van der Waals surface area contributed by atoms with E-state index in [-0.39, 0.29) is 0 Å². The molecule has 0 fully saturated rings. The largest absolute Gasteiger partial charge is 0.525 e. The Kier molecular flexibility index (Phi) is 3.92. The molecular formula is C6H3F7O3. The van der Waals surface area contributed by atoms with Crippen molar-refractivity contribution >= 4 is 5.97 Å². The Morgan fingerprint density at radius 1 is 1.06 bits per heavy atom. The lowest BCUT2D eigenvalue weighted by Crippen LogP contribution is -2.45. The van der Waals surface area contributed by atoms with Gasteiger partial charge in [0.25, 0.3) is 0 Å². The number of carboxylic acid groups (broad SMARTS) is 1. The van der Waals surface area contributed by atoms with Gasteiger partial charge in [-0.1, -0.05) is 0 Å². The molecule has 0 aliphatic carbocycles. The summed E-state index contributed by atoms with van der Waals surface area (Å²) in [5, 5.41) is 7.88. The van der Waals surface area contributed by atoms with Gasteiger partial charge in [-0.2, -0.15) is 17.6 Å². The lowest BCUT2D eigenvalue weighted by molar-refractivity contribution is -0.432. The number of carbonyl (C=O) groups is 1. The van der Waals surface area contributed by atoms with Gasteiger partial charge in [0.2, 0.25) is 0 Å². The zero-order chi connectivity index (χ0) is 13.2. The first-order valence-electron chi connectivity index (χ1n) is 3.32. The van der Waals surface area contributed by atoms with Gasteiger partial charge in [-0.3, -0.25) is 0 Å². The lowest BCUT2D eigenvalue weighted by Gasteiger charge is -2.25. The average molecular weight is 256 g/mol. The zero-order valence-corrected chi connectivity index (χ0v) is 7.06. The molecule has 0 saturated heterocycles. The summed E-state index contributed by atoms with van der Waals surface area (Å²) < 4.78 is 84.8. The number of hydrogen-bond acceptors (Lipinski definition) is 2. The third-order valence-electron chi connectivity index (χ3n) is 1.09. The maximum absolute atomic E-state index is 12.7. The molecule has 10 heteroatoms. The van der Waals surface area contributed by atoms with E-state index < -0.39 is 36.5 Å². The van der Waals surface area contributed by atoms with E-state index in [0.717, 1.165) is 0 Å². The number of alkyl halides is 7. The van der Waals surface area contributed by atoms with Gasteiger partial charge in [0.1, 0.15) is 0 Å². The minimum atomic E-state index is -6.06. The van der Waals surface area contributed by atoms with Crippen LogP contribution >= 0.6 is 0 Å². The van der Waals surface area contributed by atoms with Crippen molar-refractivity contribution in [2.45, 2.75) is 18.4 Å². The van der Waals surface area contributed by atoms with Crippen molar-refractivity contribution in [3.05, 3.63) is 12.2 Å². The van der Waals surface area contributed by atoms with Crippen molar-refractivity contribution < 1.29 is 45.4 Å². The molecule has 0 amide bonds. The van der Waals surface area contributed by atoms with Crippen LogP contribution in [0.5, 0.6) is 0 Å². The third kappa shape index (κ3) is 4.47. The number of halogens is 7. The number of carboxylic acids is 1. The van der Waals surface area contributed by atoms with Gasteiger partial charge in [-0.05, 0) is 6.08 Å². The maximum atomic E-state index is 12.7. The van der Waals surface area contributed by atoms with Crippen LogP contribution in [0.15, 0.2) is 12.2 Å². The predicted molar refractivity (Wildman–Crippen MR) is 33.8 cm³/mol. The van der Waals surface area contributed by atoms with Crippen molar-refractivity contribution in [3.8, 4) is 0 Å². The molecule has 1 atom stereocenters. The molecule has 94 valence electrons. The monoisotopic (exact) mass is 256 g/mol. The molecule has 3 nitrogen and oxygen atoms in total. The van der Waals surface area contributed by atoms with Gasteiger partial charge in [-0.25, -0.2) is 9.53 Å². The SMILES string of the molecule is O=C(O)/C=C\[C@](F)(OC(F)(F)F)C(F)(F)F. The second-order valence-corrected chi connectivity index (χ2v) is 2.36. The van der Waals surface area contributed by atoms with Crippen molar-refractivity contribution in [1.82, 2.24) is 0 Å². The highest BCUT2D eigenvalue weighted by atomic mass is 19.4. The Bertz CT molecular complexity index is 291. The first-order chi connectivity index (χ1) is 6.87. The Hall–Kier alpha value is -1.32. The smallest absolute Gasteiger partial charge is 0.478 e. The number of hydrogen-bond donors (Lipinski definition) is 1. The Morgan fingerprint density at radius 2 is 1.50 bits per heavy atom. The molecule has 0 aromatic heterocycles. The first kappa shape index (κ1) is 14.7. The van der Waals surface area contributed by atoms with Crippen LogP contribution in [-0.2, 0) is 9.53 Å². The number of ether oxygens (including phenoxy) is 1. The van der Waals surface area contributed by atoms with Crippen molar-refractivity contribution in [1.29, 1.82) is 0 Å². The Balaban J connectivity index is 5.14. The van der Waals surface area contributed by atoms with Crippen LogP contribution < -0.4 is 0 Å². The van der Waals surface area contributed by atoms with E-state index >= 15 is 0 Å². The average Bonchev–Trinajstić information content (AvgIpc) is 1.95. The van der Waals surface area contributed by atoms with Crippen LogP contribution in [0.2, 0.25) is 0 Å². The second-order valence-electron chi connectivity index (χ2n) is 2.36. The highest BCUT2D eigenvalue weighted by Gasteiger charge is 2.61. The quantitative estimate of drug-likeness (QED) is 0.623. The molecule has 0 aromatic carbocycles. The van der Waals surface area contributed by atoms with Gasteiger partial charge in [-0.15, -0.1) is 13.2 Å². The van der Waals surface area contributed by atoms with Gasteiger partial charge in [0.05, 0.1) is 0 Å². The Morgan fingerprint density at radius 3 is 1.75 bits per heavy atom. The topological polar surface area (TPSA) is 46.5 Å². The summed E-state index contributed by atoms with van der Waals surface area (Å²) in [6, 6.07) is 0. The van der Waals surface area contributed by atoms with Gasteiger partial charge >= 0.3 is 24.4 Å². The molecule has 16 heavy (non-hydrogen) atoms. The molecule has 0 heterocycles. The molecule has 0 aliphatic rings. The molecule has 0 aliphatic heterocycles. The summed E-state index contributed by atoms with van der Waals surface area (Å²) in [5.41, 5.74) is 0. The number of aliphatic carboxylic acids is 1. The lowest BCUT2D eigenvalue weighted by atomic mass is 10.2. The van der Waals surface area contributed by atoms with E-state index in [2.05, 4.69) is 4.74 Å². The molecule has 0 rings (SSSR count). The summed E-state index contributed by atoms with van der Waals surface area (Å²) in [6.45, 7) is 0. The van der Waals surface area contributed by atoms with E-state index in [1.165, 1.54) is 0 Å². The summed E-state index contributed by atoms with van der Waals surface area (Å²) in [7, 11) is 0. The summed E-state index contributed by atoms with van der Waals surface area (Å²) >= 11 is 0. The van der Waals surface area contributed by atoms with Gasteiger partial charge in [0, 0.05) is 6.08 Å².